The van der Waals surface area contributed by atoms with Crippen molar-refractivity contribution in [3.8, 4) is 11.5 Å². The number of hydrogen-bond acceptors (Lipinski definition) is 5. The average Bonchev–Trinajstić information content (AvgIpc) is 2.81. The first-order valence-corrected chi connectivity index (χ1v) is 11.2. The number of barbiturate groups is 1. The summed E-state index contributed by atoms with van der Waals surface area (Å²) >= 11 is 6.17. The zero-order chi connectivity index (χ0) is 25.1. The molecule has 8 heteroatoms. The van der Waals surface area contributed by atoms with E-state index in [9.17, 15) is 14.4 Å². The van der Waals surface area contributed by atoms with Gasteiger partial charge in [0.1, 0.15) is 12.2 Å². The fourth-order valence-electron chi connectivity index (χ4n) is 3.88. The molecule has 1 saturated heterocycles. The molecule has 1 fully saturated rings. The molecule has 1 aliphatic heterocycles. The lowest BCUT2D eigenvalue weighted by Gasteiger charge is -2.27. The number of halogens is 1. The van der Waals surface area contributed by atoms with Crippen LogP contribution in [0.25, 0.3) is 6.08 Å². The number of amides is 4. The largest absolute Gasteiger partial charge is 0.493 e. The van der Waals surface area contributed by atoms with Gasteiger partial charge in [0.25, 0.3) is 11.8 Å². The zero-order valence-electron chi connectivity index (χ0n) is 19.4. The molecule has 0 bridgehead atoms. The van der Waals surface area contributed by atoms with E-state index in [-0.39, 0.29) is 16.3 Å². The highest BCUT2D eigenvalue weighted by Gasteiger charge is 2.37. The monoisotopic (exact) mass is 490 g/mol. The Morgan fingerprint density at radius 3 is 2.34 bits per heavy atom. The molecule has 0 atom stereocenters. The van der Waals surface area contributed by atoms with E-state index < -0.39 is 17.8 Å². The molecule has 1 heterocycles. The number of para-hydroxylation sites is 1. The van der Waals surface area contributed by atoms with Crippen LogP contribution in [0.4, 0.5) is 10.5 Å². The van der Waals surface area contributed by atoms with Crippen LogP contribution in [-0.2, 0) is 16.2 Å². The number of imide groups is 2. The number of nitrogens with zero attached hydrogens (tertiary/aromatic N) is 1. The van der Waals surface area contributed by atoms with Gasteiger partial charge in [-0.25, -0.2) is 9.69 Å². The molecular weight excluding hydrogens is 468 g/mol. The van der Waals surface area contributed by atoms with Crippen LogP contribution in [-0.4, -0.2) is 25.0 Å². The van der Waals surface area contributed by atoms with Gasteiger partial charge in [0.2, 0.25) is 0 Å². The Bertz CT molecular complexity index is 1350. The first-order chi connectivity index (χ1) is 16.8. The van der Waals surface area contributed by atoms with E-state index in [0.717, 1.165) is 21.6 Å². The number of aryl methyl sites for hydroxylation is 2. The highest BCUT2D eigenvalue weighted by molar-refractivity contribution is 6.42. The Hall–Kier alpha value is -4.10. The van der Waals surface area contributed by atoms with Crippen molar-refractivity contribution in [2.24, 2.45) is 0 Å². The molecule has 0 unspecified atom stereocenters. The highest BCUT2D eigenvalue weighted by atomic mass is 35.5. The molecule has 0 spiro atoms. The lowest BCUT2D eigenvalue weighted by molar-refractivity contribution is -0.122. The molecule has 35 heavy (non-hydrogen) atoms. The van der Waals surface area contributed by atoms with E-state index >= 15 is 0 Å². The first kappa shape index (κ1) is 24.0. The third kappa shape index (κ3) is 5.20. The lowest BCUT2D eigenvalue weighted by Crippen LogP contribution is -2.54. The average molecular weight is 491 g/mol. The topological polar surface area (TPSA) is 84.9 Å². The number of carbonyl (C=O) groups is 3. The van der Waals surface area contributed by atoms with Crippen LogP contribution in [0.15, 0.2) is 66.2 Å². The molecule has 0 radical (unpaired) electrons. The summed E-state index contributed by atoms with van der Waals surface area (Å²) in [5.41, 5.74) is 3.82. The van der Waals surface area contributed by atoms with E-state index in [4.69, 9.17) is 21.1 Å². The predicted molar refractivity (Wildman–Crippen MR) is 134 cm³/mol. The second-order valence-electron chi connectivity index (χ2n) is 8.10. The van der Waals surface area contributed by atoms with Crippen molar-refractivity contribution in [3.05, 3.63) is 93.5 Å². The standard InChI is InChI=1S/C27H23ClN2O5/c1-16-10-17(2)12-19(11-16)15-35-23-9-8-18(14-24(23)34-3)13-20-25(31)29-27(33)30(26(20)32)22-7-5-4-6-21(22)28/h4-14H,15H2,1-3H3,(H,29,31,33)/b20-13+. The molecule has 3 aromatic carbocycles. The Morgan fingerprint density at radius 2 is 1.66 bits per heavy atom. The molecule has 7 nitrogen and oxygen atoms in total. The maximum atomic E-state index is 13.1. The van der Waals surface area contributed by atoms with Crippen LogP contribution in [0.5, 0.6) is 11.5 Å². The maximum absolute atomic E-state index is 13.1. The molecule has 0 saturated carbocycles. The summed E-state index contributed by atoms with van der Waals surface area (Å²) in [6.07, 6.45) is 1.39. The van der Waals surface area contributed by atoms with E-state index in [2.05, 4.69) is 23.5 Å². The third-order valence-corrected chi connectivity index (χ3v) is 5.69. The molecule has 1 aliphatic rings. The van der Waals surface area contributed by atoms with E-state index in [1.165, 1.54) is 19.3 Å². The maximum Gasteiger partial charge on any atom is 0.335 e. The van der Waals surface area contributed by atoms with Crippen molar-refractivity contribution in [1.82, 2.24) is 5.32 Å². The van der Waals surface area contributed by atoms with Gasteiger partial charge in [-0.15, -0.1) is 0 Å². The van der Waals surface area contributed by atoms with Crippen LogP contribution in [0.1, 0.15) is 22.3 Å². The quantitative estimate of drug-likeness (QED) is 0.378. The number of anilines is 1. The highest BCUT2D eigenvalue weighted by Crippen LogP contribution is 2.32. The van der Waals surface area contributed by atoms with Gasteiger partial charge < -0.3 is 9.47 Å². The van der Waals surface area contributed by atoms with Crippen LogP contribution in [0, 0.1) is 13.8 Å². The number of methoxy groups -OCH3 is 1. The smallest absolute Gasteiger partial charge is 0.335 e. The van der Waals surface area contributed by atoms with Gasteiger partial charge in [-0.3, -0.25) is 14.9 Å². The summed E-state index contributed by atoms with van der Waals surface area (Å²) in [4.78, 5) is 38.8. The normalized spacial score (nSPS) is 14.8. The second-order valence-corrected chi connectivity index (χ2v) is 8.51. The Kier molecular flexibility index (Phi) is 6.89. The van der Waals surface area contributed by atoms with E-state index in [0.29, 0.717) is 23.7 Å². The summed E-state index contributed by atoms with van der Waals surface area (Å²) in [5.74, 6) is -0.620. The molecule has 3 aromatic rings. The van der Waals surface area contributed by atoms with E-state index in [1.807, 2.05) is 13.8 Å². The molecular formula is C27H23ClN2O5. The molecule has 0 aliphatic carbocycles. The Morgan fingerprint density at radius 1 is 0.943 bits per heavy atom. The van der Waals surface area contributed by atoms with Crippen molar-refractivity contribution in [2.45, 2.75) is 20.5 Å². The van der Waals surface area contributed by atoms with Crippen LogP contribution >= 0.6 is 11.6 Å². The fraction of sp³-hybridized carbons (Fsp3) is 0.148. The minimum Gasteiger partial charge on any atom is -0.493 e. The van der Waals surface area contributed by atoms with Crippen LogP contribution in [0.2, 0.25) is 5.02 Å². The number of benzene rings is 3. The number of urea groups is 1. The summed E-state index contributed by atoms with van der Waals surface area (Å²) in [6, 6.07) is 16.8. The minimum atomic E-state index is -0.863. The number of ether oxygens (including phenoxy) is 2. The summed E-state index contributed by atoms with van der Waals surface area (Å²) < 4.78 is 11.4. The molecule has 4 amide bonds. The van der Waals surface area contributed by atoms with Crippen LogP contribution in [0.3, 0.4) is 0 Å². The third-order valence-electron chi connectivity index (χ3n) is 5.37. The summed E-state index contributed by atoms with van der Waals surface area (Å²) in [5, 5.41) is 2.39. The van der Waals surface area contributed by atoms with Crippen molar-refractivity contribution >= 4 is 41.2 Å². The number of nitrogens with one attached hydrogen (secondary N) is 1. The molecule has 178 valence electrons. The van der Waals surface area contributed by atoms with Gasteiger partial charge in [-0.1, -0.05) is 59.1 Å². The number of rotatable bonds is 6. The van der Waals surface area contributed by atoms with Gasteiger partial charge in [0.05, 0.1) is 17.8 Å². The van der Waals surface area contributed by atoms with Crippen molar-refractivity contribution < 1.29 is 23.9 Å². The van der Waals surface area contributed by atoms with E-state index in [1.54, 1.807) is 36.4 Å². The minimum absolute atomic E-state index is 0.183. The summed E-state index contributed by atoms with van der Waals surface area (Å²) in [7, 11) is 1.51. The summed E-state index contributed by atoms with van der Waals surface area (Å²) in [6.45, 7) is 4.42. The van der Waals surface area contributed by atoms with Crippen LogP contribution < -0.4 is 19.7 Å². The van der Waals surface area contributed by atoms with Gasteiger partial charge >= 0.3 is 6.03 Å². The fourth-order valence-corrected chi connectivity index (χ4v) is 4.10. The second kappa shape index (κ2) is 10.0. The Balaban J connectivity index is 1.60. The SMILES string of the molecule is COc1cc(/C=C2\C(=O)NC(=O)N(c3ccccc3Cl)C2=O)ccc1OCc1cc(C)cc(C)c1. The first-order valence-electron chi connectivity index (χ1n) is 10.8. The van der Waals surface area contributed by atoms with Crippen molar-refractivity contribution in [2.75, 3.05) is 12.0 Å². The van der Waals surface area contributed by atoms with Gasteiger partial charge in [-0.2, -0.15) is 0 Å². The van der Waals surface area contributed by atoms with Crippen molar-refractivity contribution in [1.29, 1.82) is 0 Å². The molecule has 0 aromatic heterocycles. The lowest BCUT2D eigenvalue weighted by atomic mass is 10.1. The Labute approximate surface area is 207 Å². The van der Waals surface area contributed by atoms with Gasteiger partial charge in [-0.05, 0) is 55.3 Å². The molecule has 1 N–H and O–H groups in total. The zero-order valence-corrected chi connectivity index (χ0v) is 20.2. The van der Waals surface area contributed by atoms with Gasteiger partial charge in [0.15, 0.2) is 11.5 Å². The van der Waals surface area contributed by atoms with Gasteiger partial charge in [0, 0.05) is 0 Å². The molecule has 4 rings (SSSR count). The van der Waals surface area contributed by atoms with Crippen molar-refractivity contribution in [3.63, 3.8) is 0 Å². The predicted octanol–water partition coefficient (Wildman–Crippen LogP) is 5.21. The number of hydrogen-bond donors (Lipinski definition) is 1. The number of carbonyl (C=O) groups excluding carboxylic acids is 3.